The van der Waals surface area contributed by atoms with Gasteiger partial charge in [-0.05, 0) is 17.9 Å². The molecule has 2 aromatic heterocycles. The molecule has 2 heterocycles. The van der Waals surface area contributed by atoms with Gasteiger partial charge in [-0.1, -0.05) is 6.92 Å². The van der Waals surface area contributed by atoms with Crippen molar-refractivity contribution in [2.75, 3.05) is 0 Å². The Bertz CT molecular complexity index is 364. The van der Waals surface area contributed by atoms with Crippen molar-refractivity contribution >= 4 is 22.1 Å². The minimum absolute atomic E-state index is 1.12. The molecule has 0 aliphatic rings. The average Bonchev–Trinajstić information content (AvgIpc) is 2.47. The zero-order valence-corrected chi connectivity index (χ0v) is 7.19. The van der Waals surface area contributed by atoms with Crippen molar-refractivity contribution in [2.45, 2.75) is 13.3 Å². The van der Waals surface area contributed by atoms with Crippen LogP contribution < -0.4 is 0 Å². The van der Waals surface area contributed by atoms with Crippen molar-refractivity contribution in [3.8, 4) is 0 Å². The Kier molecular flexibility index (Phi) is 1.62. The smallest absolute Gasteiger partial charge is 0.0354 e. The third-order valence-corrected chi connectivity index (χ3v) is 2.97. The third kappa shape index (κ3) is 1.03. The van der Waals surface area contributed by atoms with Gasteiger partial charge in [-0.2, -0.15) is 0 Å². The van der Waals surface area contributed by atoms with E-state index >= 15 is 0 Å². The third-order valence-electron chi connectivity index (χ3n) is 1.80. The minimum atomic E-state index is 1.12. The maximum Gasteiger partial charge on any atom is 0.0354 e. The molecule has 0 aliphatic heterocycles. The quantitative estimate of drug-likeness (QED) is 0.630. The van der Waals surface area contributed by atoms with Crippen molar-refractivity contribution in [1.82, 2.24) is 4.98 Å². The highest BCUT2D eigenvalue weighted by Crippen LogP contribution is 2.24. The summed E-state index contributed by atoms with van der Waals surface area (Å²) >= 11 is 1.82. The molecule has 0 spiro atoms. The molecule has 0 N–H and O–H groups in total. The van der Waals surface area contributed by atoms with Crippen LogP contribution in [0.4, 0.5) is 0 Å². The Morgan fingerprint density at radius 2 is 2.45 bits per heavy atom. The van der Waals surface area contributed by atoms with E-state index in [9.17, 15) is 0 Å². The van der Waals surface area contributed by atoms with Gasteiger partial charge in [0.2, 0.25) is 0 Å². The van der Waals surface area contributed by atoms with Crippen molar-refractivity contribution in [1.29, 1.82) is 0 Å². The fourth-order valence-electron chi connectivity index (χ4n) is 1.23. The molecule has 1 nitrogen and oxygen atoms in total. The summed E-state index contributed by atoms with van der Waals surface area (Å²) in [6, 6.07) is 2.09. The standard InChI is InChI=1S/C9H9NS/c1-2-9-8-3-4-10-5-7(8)6-11-9/h3-6H,2H2,1H3. The predicted molar refractivity (Wildman–Crippen MR) is 49.0 cm³/mol. The number of fused-ring (bicyclic) bond motifs is 1. The number of pyridine rings is 1. The van der Waals surface area contributed by atoms with Crippen LogP contribution in [0.3, 0.4) is 0 Å². The molecule has 0 amide bonds. The number of rotatable bonds is 1. The van der Waals surface area contributed by atoms with Crippen LogP contribution in [0.1, 0.15) is 11.8 Å². The van der Waals surface area contributed by atoms with Gasteiger partial charge >= 0.3 is 0 Å². The maximum atomic E-state index is 4.07. The Morgan fingerprint density at radius 1 is 1.55 bits per heavy atom. The molecule has 0 fully saturated rings. The molecular formula is C9H9NS. The average molecular weight is 163 g/mol. The molecule has 2 heteroatoms. The van der Waals surface area contributed by atoms with Crippen LogP contribution in [-0.2, 0) is 6.42 Å². The highest BCUT2D eigenvalue weighted by atomic mass is 32.1. The molecule has 0 saturated heterocycles. The minimum Gasteiger partial charge on any atom is -0.264 e. The van der Waals surface area contributed by atoms with Crippen LogP contribution in [0.2, 0.25) is 0 Å². The lowest BCUT2D eigenvalue weighted by Crippen LogP contribution is -1.73. The van der Waals surface area contributed by atoms with E-state index in [1.54, 1.807) is 0 Å². The molecule has 0 atom stereocenters. The molecule has 0 unspecified atom stereocenters. The molecule has 0 radical (unpaired) electrons. The Balaban J connectivity index is 2.76. The summed E-state index contributed by atoms with van der Waals surface area (Å²) in [5.74, 6) is 0. The van der Waals surface area contributed by atoms with E-state index in [1.165, 1.54) is 15.6 Å². The van der Waals surface area contributed by atoms with Gasteiger partial charge in [0, 0.05) is 28.0 Å². The molecule has 56 valence electrons. The van der Waals surface area contributed by atoms with Crippen molar-refractivity contribution in [3.63, 3.8) is 0 Å². The second-order valence-corrected chi connectivity index (χ2v) is 3.44. The van der Waals surface area contributed by atoms with E-state index in [4.69, 9.17) is 0 Å². The SMILES string of the molecule is CCc1scc2cnccc12. The predicted octanol–water partition coefficient (Wildman–Crippen LogP) is 2.86. The van der Waals surface area contributed by atoms with Crippen LogP contribution in [0, 0.1) is 0 Å². The van der Waals surface area contributed by atoms with Gasteiger partial charge in [0.05, 0.1) is 0 Å². The summed E-state index contributed by atoms with van der Waals surface area (Å²) in [5.41, 5.74) is 0. The van der Waals surface area contributed by atoms with Gasteiger partial charge in [0.25, 0.3) is 0 Å². The van der Waals surface area contributed by atoms with Crippen LogP contribution in [0.25, 0.3) is 10.8 Å². The van der Waals surface area contributed by atoms with Gasteiger partial charge in [-0.15, -0.1) is 11.3 Å². The molecule has 0 bridgehead atoms. The summed E-state index contributed by atoms with van der Waals surface area (Å²) in [5, 5.41) is 4.81. The zero-order valence-electron chi connectivity index (χ0n) is 6.37. The number of hydrogen-bond donors (Lipinski definition) is 0. The lowest BCUT2D eigenvalue weighted by Gasteiger charge is -1.90. The first kappa shape index (κ1) is 6.80. The molecule has 2 aromatic rings. The van der Waals surface area contributed by atoms with Crippen LogP contribution in [0.5, 0.6) is 0 Å². The molecule has 11 heavy (non-hydrogen) atoms. The van der Waals surface area contributed by atoms with Crippen LogP contribution in [0.15, 0.2) is 23.8 Å². The summed E-state index contributed by atoms with van der Waals surface area (Å²) in [7, 11) is 0. The van der Waals surface area contributed by atoms with Gasteiger partial charge in [0.15, 0.2) is 0 Å². The van der Waals surface area contributed by atoms with Gasteiger partial charge < -0.3 is 0 Å². The lowest BCUT2D eigenvalue weighted by atomic mass is 10.2. The van der Waals surface area contributed by atoms with Gasteiger partial charge in [-0.3, -0.25) is 4.98 Å². The number of aryl methyl sites for hydroxylation is 1. The summed E-state index contributed by atoms with van der Waals surface area (Å²) < 4.78 is 0. The topological polar surface area (TPSA) is 12.9 Å². The summed E-state index contributed by atoms with van der Waals surface area (Å²) in [6.45, 7) is 2.19. The Hall–Kier alpha value is -0.890. The molecule has 0 aliphatic carbocycles. The fourth-order valence-corrected chi connectivity index (χ4v) is 2.16. The molecule has 0 aromatic carbocycles. The van der Waals surface area contributed by atoms with Crippen LogP contribution >= 0.6 is 11.3 Å². The number of nitrogens with zero attached hydrogens (tertiary/aromatic N) is 1. The highest BCUT2D eigenvalue weighted by Gasteiger charge is 1.99. The van der Waals surface area contributed by atoms with Crippen LogP contribution in [-0.4, -0.2) is 4.98 Å². The monoisotopic (exact) mass is 163 g/mol. The van der Waals surface area contributed by atoms with E-state index in [0.29, 0.717) is 0 Å². The number of thiophene rings is 1. The summed E-state index contributed by atoms with van der Waals surface area (Å²) in [4.78, 5) is 5.53. The number of hydrogen-bond acceptors (Lipinski definition) is 2. The normalized spacial score (nSPS) is 10.6. The summed E-state index contributed by atoms with van der Waals surface area (Å²) in [6.07, 6.45) is 4.90. The Labute approximate surface area is 69.7 Å². The van der Waals surface area contributed by atoms with E-state index in [-0.39, 0.29) is 0 Å². The maximum absolute atomic E-state index is 4.07. The zero-order chi connectivity index (χ0) is 7.68. The second-order valence-electron chi connectivity index (χ2n) is 2.48. The van der Waals surface area contributed by atoms with Crippen molar-refractivity contribution in [2.24, 2.45) is 0 Å². The van der Waals surface area contributed by atoms with Crippen molar-refractivity contribution < 1.29 is 0 Å². The highest BCUT2D eigenvalue weighted by molar-refractivity contribution is 7.11. The fraction of sp³-hybridized carbons (Fsp3) is 0.222. The first-order valence-corrected chi connectivity index (χ1v) is 4.60. The number of aromatic nitrogens is 1. The first-order valence-electron chi connectivity index (χ1n) is 3.72. The van der Waals surface area contributed by atoms with E-state index in [1.807, 2.05) is 23.7 Å². The Morgan fingerprint density at radius 3 is 3.27 bits per heavy atom. The van der Waals surface area contributed by atoms with E-state index in [0.717, 1.165) is 6.42 Å². The molecule has 0 saturated carbocycles. The van der Waals surface area contributed by atoms with E-state index in [2.05, 4.69) is 23.4 Å². The van der Waals surface area contributed by atoms with Gasteiger partial charge in [-0.25, -0.2) is 0 Å². The molecular weight excluding hydrogens is 154 g/mol. The lowest BCUT2D eigenvalue weighted by molar-refractivity contribution is 1.20. The molecule has 2 rings (SSSR count). The van der Waals surface area contributed by atoms with Gasteiger partial charge in [0.1, 0.15) is 0 Å². The first-order chi connectivity index (χ1) is 5.42. The van der Waals surface area contributed by atoms with Crippen molar-refractivity contribution in [3.05, 3.63) is 28.7 Å². The largest absolute Gasteiger partial charge is 0.264 e. The second kappa shape index (κ2) is 2.62. The van der Waals surface area contributed by atoms with E-state index < -0.39 is 0 Å².